The van der Waals surface area contributed by atoms with Gasteiger partial charge in [-0.25, -0.2) is 14.4 Å². The highest BCUT2D eigenvalue weighted by molar-refractivity contribution is 6.02. The largest absolute Gasteiger partial charge is 0.479 e. The Hall–Kier alpha value is -4.12. The Bertz CT molecular complexity index is 1090. The van der Waals surface area contributed by atoms with Crippen LogP contribution in [0.1, 0.15) is 23.0 Å². The fourth-order valence-electron chi connectivity index (χ4n) is 2.53. The Balaban J connectivity index is 1.64. The summed E-state index contributed by atoms with van der Waals surface area (Å²) in [7, 11) is 0. The molecule has 2 heterocycles. The van der Waals surface area contributed by atoms with Crippen LogP contribution >= 0.6 is 0 Å². The summed E-state index contributed by atoms with van der Waals surface area (Å²) in [5.41, 5.74) is 7.39. The summed E-state index contributed by atoms with van der Waals surface area (Å²) >= 11 is 0. The fourth-order valence-corrected chi connectivity index (χ4v) is 2.53. The second-order valence-electron chi connectivity index (χ2n) is 6.14. The number of nitrogen functional groups attached to an aromatic ring is 1. The van der Waals surface area contributed by atoms with E-state index in [0.29, 0.717) is 28.5 Å². The molecule has 0 aliphatic heterocycles. The second kappa shape index (κ2) is 9.89. The lowest BCUT2D eigenvalue weighted by Gasteiger charge is -2.11. The number of amides is 1. The van der Waals surface area contributed by atoms with Gasteiger partial charge in [0, 0.05) is 24.0 Å². The summed E-state index contributed by atoms with van der Waals surface area (Å²) in [6.45, 7) is 2.15. The number of nitrogens with zero attached hydrogens (tertiary/aromatic N) is 2. The third kappa shape index (κ3) is 5.45. The van der Waals surface area contributed by atoms with Crippen molar-refractivity contribution in [2.24, 2.45) is 0 Å². The molecule has 1 aromatic carbocycles. The third-order valence-corrected chi connectivity index (χ3v) is 4.07. The van der Waals surface area contributed by atoms with Crippen LogP contribution in [0.2, 0.25) is 0 Å². The molecule has 0 unspecified atom stereocenters. The van der Waals surface area contributed by atoms with Gasteiger partial charge in [-0.05, 0) is 49.4 Å². The number of rotatable bonds is 7. The van der Waals surface area contributed by atoms with Gasteiger partial charge in [-0.1, -0.05) is 5.92 Å². The average Bonchev–Trinajstić information content (AvgIpc) is 2.75. The molecule has 0 aliphatic rings. The van der Waals surface area contributed by atoms with Crippen molar-refractivity contribution in [2.45, 2.75) is 13.5 Å². The van der Waals surface area contributed by atoms with Crippen molar-refractivity contribution >= 4 is 23.1 Å². The summed E-state index contributed by atoms with van der Waals surface area (Å²) < 4.78 is 19.5. The first-order valence-electron chi connectivity index (χ1n) is 9.09. The van der Waals surface area contributed by atoms with E-state index < -0.39 is 11.7 Å². The molecule has 0 atom stereocenters. The Kier molecular flexibility index (Phi) is 6.79. The van der Waals surface area contributed by atoms with Crippen LogP contribution in [0.5, 0.6) is 5.75 Å². The number of pyridine rings is 2. The number of anilines is 3. The average molecular weight is 405 g/mol. The molecule has 2 aromatic heterocycles. The van der Waals surface area contributed by atoms with Crippen LogP contribution in [0.15, 0.2) is 54.9 Å². The van der Waals surface area contributed by atoms with Crippen molar-refractivity contribution in [1.29, 1.82) is 0 Å². The van der Waals surface area contributed by atoms with E-state index in [-0.39, 0.29) is 18.8 Å². The second-order valence-corrected chi connectivity index (χ2v) is 6.14. The zero-order valence-corrected chi connectivity index (χ0v) is 16.3. The van der Waals surface area contributed by atoms with Crippen molar-refractivity contribution in [3.05, 3.63) is 71.9 Å². The lowest BCUT2D eigenvalue weighted by molar-refractivity contribution is 0.102. The smallest absolute Gasteiger partial charge is 0.274 e. The van der Waals surface area contributed by atoms with Crippen LogP contribution in [-0.4, -0.2) is 22.5 Å². The van der Waals surface area contributed by atoms with Crippen molar-refractivity contribution < 1.29 is 13.9 Å². The minimum atomic E-state index is -0.420. The molecular formula is C22H20FN5O2. The molecule has 0 bridgehead atoms. The number of carbonyl (C=O) groups is 1. The van der Waals surface area contributed by atoms with Gasteiger partial charge in [0.2, 0.25) is 0 Å². The topological polar surface area (TPSA) is 102 Å². The van der Waals surface area contributed by atoms with E-state index in [1.54, 1.807) is 43.5 Å². The lowest BCUT2D eigenvalue weighted by Crippen LogP contribution is -2.14. The normalized spacial score (nSPS) is 9.93. The molecule has 0 fully saturated rings. The standard InChI is InChI=1S/C22H20FN5O2/c1-2-3-11-30-17-7-9-20(27-14-17)22(29)28-16-6-8-18(23)15(12-16)13-26-19-5-4-10-25-21(19)24/h4-10,12,14,26H,11,13H2,1H3,(H2,24,25)(H,28,29). The molecule has 0 radical (unpaired) electrons. The molecule has 0 saturated heterocycles. The van der Waals surface area contributed by atoms with Gasteiger partial charge in [0.25, 0.3) is 5.91 Å². The van der Waals surface area contributed by atoms with Gasteiger partial charge >= 0.3 is 0 Å². The number of hydrogen-bond acceptors (Lipinski definition) is 6. The highest BCUT2D eigenvalue weighted by Gasteiger charge is 2.11. The van der Waals surface area contributed by atoms with Crippen LogP contribution in [0.25, 0.3) is 0 Å². The molecule has 8 heteroatoms. The van der Waals surface area contributed by atoms with E-state index in [2.05, 4.69) is 32.4 Å². The van der Waals surface area contributed by atoms with Gasteiger partial charge in [-0.2, -0.15) is 0 Å². The van der Waals surface area contributed by atoms with Crippen LogP contribution in [-0.2, 0) is 6.54 Å². The maximum atomic E-state index is 14.2. The molecule has 0 aliphatic carbocycles. The molecule has 3 rings (SSSR count). The molecule has 7 nitrogen and oxygen atoms in total. The minimum absolute atomic E-state index is 0.177. The molecule has 30 heavy (non-hydrogen) atoms. The number of ether oxygens (including phenoxy) is 1. The van der Waals surface area contributed by atoms with Gasteiger partial charge in [-0.15, -0.1) is 5.92 Å². The van der Waals surface area contributed by atoms with Crippen LogP contribution < -0.4 is 21.1 Å². The zero-order valence-electron chi connectivity index (χ0n) is 16.3. The third-order valence-electron chi connectivity index (χ3n) is 4.07. The van der Waals surface area contributed by atoms with E-state index >= 15 is 0 Å². The first-order chi connectivity index (χ1) is 14.6. The van der Waals surface area contributed by atoms with E-state index in [0.717, 1.165) is 0 Å². The predicted molar refractivity (Wildman–Crippen MR) is 114 cm³/mol. The Morgan fingerprint density at radius 3 is 2.83 bits per heavy atom. The van der Waals surface area contributed by atoms with Gasteiger partial charge < -0.3 is 21.1 Å². The molecule has 1 amide bonds. The van der Waals surface area contributed by atoms with Crippen molar-refractivity contribution in [1.82, 2.24) is 9.97 Å². The van der Waals surface area contributed by atoms with E-state index in [9.17, 15) is 9.18 Å². The summed E-state index contributed by atoms with van der Waals surface area (Å²) in [6, 6.07) is 11.0. The number of nitrogens with one attached hydrogen (secondary N) is 2. The molecular weight excluding hydrogens is 385 g/mol. The first kappa shape index (κ1) is 20.6. The summed E-state index contributed by atoms with van der Waals surface area (Å²) in [4.78, 5) is 20.5. The zero-order chi connectivity index (χ0) is 21.3. The Morgan fingerprint density at radius 1 is 1.23 bits per heavy atom. The van der Waals surface area contributed by atoms with Crippen molar-refractivity contribution in [2.75, 3.05) is 23.0 Å². The minimum Gasteiger partial charge on any atom is -0.479 e. The van der Waals surface area contributed by atoms with Gasteiger partial charge in [0.05, 0.1) is 11.9 Å². The molecule has 152 valence electrons. The highest BCUT2D eigenvalue weighted by Crippen LogP contribution is 2.20. The van der Waals surface area contributed by atoms with Crippen LogP contribution in [0.3, 0.4) is 0 Å². The summed E-state index contributed by atoms with van der Waals surface area (Å²) in [5, 5.41) is 5.74. The lowest BCUT2D eigenvalue weighted by atomic mass is 10.1. The number of benzene rings is 1. The highest BCUT2D eigenvalue weighted by atomic mass is 19.1. The van der Waals surface area contributed by atoms with E-state index in [4.69, 9.17) is 10.5 Å². The molecule has 0 spiro atoms. The first-order valence-corrected chi connectivity index (χ1v) is 9.09. The number of halogens is 1. The number of aromatic nitrogens is 2. The Morgan fingerprint density at radius 2 is 2.10 bits per heavy atom. The summed E-state index contributed by atoms with van der Waals surface area (Å²) in [6.07, 6.45) is 3.02. The van der Waals surface area contributed by atoms with Crippen molar-refractivity contribution in [3.63, 3.8) is 0 Å². The number of nitrogens with two attached hydrogens (primary N) is 1. The number of hydrogen-bond donors (Lipinski definition) is 3. The monoisotopic (exact) mass is 405 g/mol. The van der Waals surface area contributed by atoms with Crippen molar-refractivity contribution in [3.8, 4) is 17.6 Å². The summed E-state index contributed by atoms with van der Waals surface area (Å²) in [5.74, 6) is 5.51. The van der Waals surface area contributed by atoms with Crippen LogP contribution in [0, 0.1) is 17.7 Å². The van der Waals surface area contributed by atoms with E-state index in [1.807, 2.05) is 0 Å². The Labute approximate surface area is 173 Å². The van der Waals surface area contributed by atoms with Gasteiger partial charge in [0.1, 0.15) is 29.7 Å². The molecule has 0 saturated carbocycles. The SMILES string of the molecule is CC#CCOc1ccc(C(=O)Nc2ccc(F)c(CNc3cccnc3N)c2)nc1. The number of carbonyl (C=O) groups excluding carboxylic acids is 1. The van der Waals surface area contributed by atoms with E-state index in [1.165, 1.54) is 18.3 Å². The maximum Gasteiger partial charge on any atom is 0.274 e. The molecule has 4 N–H and O–H groups in total. The maximum absolute atomic E-state index is 14.2. The fraction of sp³-hybridized carbons (Fsp3) is 0.136. The predicted octanol–water partition coefficient (Wildman–Crippen LogP) is 3.46. The van der Waals surface area contributed by atoms with Gasteiger partial charge in [-0.3, -0.25) is 4.79 Å². The van der Waals surface area contributed by atoms with Gasteiger partial charge in [0.15, 0.2) is 0 Å². The van der Waals surface area contributed by atoms with Crippen LogP contribution in [0.4, 0.5) is 21.6 Å². The quantitative estimate of drug-likeness (QED) is 0.520. The molecule has 3 aromatic rings.